The summed E-state index contributed by atoms with van der Waals surface area (Å²) in [6.07, 6.45) is 0. The van der Waals surface area contributed by atoms with E-state index in [0.29, 0.717) is 0 Å². The first kappa shape index (κ1) is 23.1. The molecule has 0 heterocycles. The number of hydrogen-bond acceptors (Lipinski definition) is 0. The van der Waals surface area contributed by atoms with Crippen molar-refractivity contribution in [2.45, 2.75) is 18.0 Å². The average Bonchev–Trinajstić information content (AvgIpc) is 2.70. The third-order valence-corrected chi connectivity index (χ3v) is 4.43. The van der Waals surface area contributed by atoms with Crippen LogP contribution >= 0.6 is 0 Å². The van der Waals surface area contributed by atoms with Crippen LogP contribution in [-0.4, -0.2) is 0 Å². The summed E-state index contributed by atoms with van der Waals surface area (Å²) >= 11 is 0. The van der Waals surface area contributed by atoms with Crippen molar-refractivity contribution in [1.29, 1.82) is 0 Å². The van der Waals surface area contributed by atoms with Crippen LogP contribution in [0.15, 0.2) is 91.0 Å². The Morgan fingerprint density at radius 2 is 0.778 bits per heavy atom. The maximum atomic E-state index is 7.83. The fourth-order valence-electron chi connectivity index (χ4n) is 3.24. The average molecular weight is 713 g/mol. The summed E-state index contributed by atoms with van der Waals surface area (Å²) in [7, 11) is 0. The molecule has 3 aromatic rings. The van der Waals surface area contributed by atoms with Crippen molar-refractivity contribution in [1.82, 2.24) is 0 Å². The zero-order valence-corrected chi connectivity index (χ0v) is 19.0. The van der Waals surface area contributed by atoms with E-state index in [1.165, 1.54) is 0 Å². The molecule has 0 radical (unpaired) electrons. The number of rotatable bonds is 5. The van der Waals surface area contributed by atoms with E-state index in [2.05, 4.69) is 9.69 Å². The third-order valence-electron chi connectivity index (χ3n) is 4.43. The summed E-state index contributed by atoms with van der Waals surface area (Å²) in [5.74, 6) is -0.221. The van der Waals surface area contributed by atoms with Gasteiger partial charge in [0.25, 0.3) is 12.1 Å². The molecule has 0 aliphatic rings. The van der Waals surface area contributed by atoms with Gasteiger partial charge in [-0.05, 0) is 5.56 Å². The van der Waals surface area contributed by atoms with Crippen molar-refractivity contribution in [3.63, 3.8) is 0 Å². The Kier molecular flexibility index (Phi) is 9.97. The summed E-state index contributed by atoms with van der Waals surface area (Å²) in [5.41, 5.74) is 2.93. The van der Waals surface area contributed by atoms with Crippen molar-refractivity contribution < 1.29 is 42.1 Å². The zero-order valence-electron chi connectivity index (χ0n) is 14.4. The van der Waals surface area contributed by atoms with Gasteiger partial charge < -0.3 is 9.69 Å². The predicted molar refractivity (Wildman–Crippen MR) is 101 cm³/mol. The second-order valence-corrected chi connectivity index (χ2v) is 5.91. The van der Waals surface area contributed by atoms with Crippen LogP contribution in [0.2, 0.25) is 0 Å². The maximum Gasteiger partial charge on any atom is 0.263 e. The summed E-state index contributed by atoms with van der Waals surface area (Å²) in [5, 5.41) is 0. The van der Waals surface area contributed by atoms with Gasteiger partial charge in [0, 0.05) is 53.3 Å². The molecule has 0 spiro atoms. The molecule has 3 aromatic carbocycles. The van der Waals surface area contributed by atoms with E-state index in [-0.39, 0.29) is 48.0 Å². The first-order valence-corrected chi connectivity index (χ1v) is 8.23. The fraction of sp³-hybridized carbons (Fsp3) is 0.130. The minimum absolute atomic E-state index is 0. The van der Waals surface area contributed by atoms with Crippen molar-refractivity contribution in [3.8, 4) is 0 Å². The van der Waals surface area contributed by atoms with Crippen LogP contribution in [0.4, 0.5) is 0 Å². The molecule has 0 bridgehead atoms. The molecule has 27 heavy (non-hydrogen) atoms. The minimum Gasteiger partial charge on any atom is -0.307 e. The monoisotopic (exact) mass is 712 g/mol. The molecule has 0 aliphatic heterocycles. The van der Waals surface area contributed by atoms with Crippen LogP contribution in [0.25, 0.3) is 9.69 Å². The fourth-order valence-corrected chi connectivity index (χ4v) is 3.24. The van der Waals surface area contributed by atoms with E-state index in [9.17, 15) is 0 Å². The van der Waals surface area contributed by atoms with Gasteiger partial charge in [-0.25, -0.2) is 13.1 Å². The van der Waals surface area contributed by atoms with Crippen LogP contribution in [0.3, 0.4) is 0 Å². The molecular formula is C23H18N2Pt2. The quantitative estimate of drug-likeness (QED) is 0.284. The maximum absolute atomic E-state index is 7.83. The van der Waals surface area contributed by atoms with Crippen molar-refractivity contribution >= 4 is 0 Å². The molecule has 0 aliphatic carbocycles. The predicted octanol–water partition coefficient (Wildman–Crippen LogP) is 6.09. The van der Waals surface area contributed by atoms with Gasteiger partial charge >= 0.3 is 0 Å². The second-order valence-electron chi connectivity index (χ2n) is 5.91. The number of benzene rings is 3. The number of hydrogen-bond donors (Lipinski definition) is 0. The first-order chi connectivity index (χ1) is 12.3. The van der Waals surface area contributed by atoms with Gasteiger partial charge in [0.05, 0.1) is 0 Å². The standard InChI is InChI=1S/C23H18N2.2Pt/c1-24-22(19-14-8-4-9-15-19)21(18-12-6-3-7-13-18)23(25-2)20-16-10-5-11-17-20;;/h3-17,21-23H;;. The topological polar surface area (TPSA) is 8.72 Å². The van der Waals surface area contributed by atoms with E-state index in [1.54, 1.807) is 0 Å². The van der Waals surface area contributed by atoms with Gasteiger partial charge in [-0.2, -0.15) is 0 Å². The smallest absolute Gasteiger partial charge is 0.263 e. The molecule has 2 unspecified atom stereocenters. The SMILES string of the molecule is [C-]#[N+]C(c1ccccc1)C(c1ccccc1)C([N+]#[C-])c1ccccc1.[Pt].[Pt]. The van der Waals surface area contributed by atoms with Gasteiger partial charge in [-0.15, -0.1) is 0 Å². The summed E-state index contributed by atoms with van der Waals surface area (Å²) in [4.78, 5) is 7.87. The Labute approximate surface area is 189 Å². The summed E-state index contributed by atoms with van der Waals surface area (Å²) in [6.45, 7) is 15.7. The van der Waals surface area contributed by atoms with Crippen molar-refractivity contribution in [2.24, 2.45) is 0 Å². The molecule has 2 nitrogen and oxygen atoms in total. The van der Waals surface area contributed by atoms with Crippen LogP contribution in [-0.2, 0) is 42.1 Å². The molecule has 0 N–H and O–H groups in total. The van der Waals surface area contributed by atoms with Crippen molar-refractivity contribution in [3.05, 3.63) is 131 Å². The minimum atomic E-state index is -0.400. The molecular weight excluding hydrogens is 694 g/mol. The van der Waals surface area contributed by atoms with E-state index >= 15 is 0 Å². The Morgan fingerprint density at radius 3 is 1.07 bits per heavy atom. The summed E-state index contributed by atoms with van der Waals surface area (Å²) in [6, 6.07) is 28.8. The first-order valence-electron chi connectivity index (χ1n) is 8.23. The molecule has 4 heteroatoms. The Balaban J connectivity index is 0.00000182. The van der Waals surface area contributed by atoms with Crippen molar-refractivity contribution in [2.75, 3.05) is 0 Å². The third kappa shape index (κ3) is 5.50. The van der Waals surface area contributed by atoms with Gasteiger partial charge in [0.15, 0.2) is 0 Å². The van der Waals surface area contributed by atoms with Crippen LogP contribution in [0, 0.1) is 13.1 Å². The van der Waals surface area contributed by atoms with E-state index in [0.717, 1.165) is 16.7 Å². The van der Waals surface area contributed by atoms with Gasteiger partial charge in [-0.1, -0.05) is 91.0 Å². The van der Waals surface area contributed by atoms with Gasteiger partial charge in [-0.3, -0.25) is 0 Å². The second kappa shape index (κ2) is 11.7. The van der Waals surface area contributed by atoms with Crippen LogP contribution in [0.1, 0.15) is 34.7 Å². The molecule has 3 rings (SSSR count). The Hall–Kier alpha value is -1.98. The Morgan fingerprint density at radius 1 is 0.481 bits per heavy atom. The molecule has 0 aromatic heterocycles. The Bertz CT molecular complexity index is 827. The molecule has 0 saturated carbocycles. The number of nitrogens with zero attached hydrogens (tertiary/aromatic N) is 2. The molecule has 0 saturated heterocycles. The molecule has 0 amide bonds. The normalized spacial score (nSPS) is 12.8. The largest absolute Gasteiger partial charge is 0.307 e. The van der Waals surface area contributed by atoms with Crippen LogP contribution < -0.4 is 0 Å². The molecule has 0 fully saturated rings. The molecule has 140 valence electrons. The van der Waals surface area contributed by atoms with E-state index in [4.69, 9.17) is 13.1 Å². The summed E-state index contributed by atoms with van der Waals surface area (Å²) < 4.78 is 0. The van der Waals surface area contributed by atoms with E-state index in [1.807, 2.05) is 91.0 Å². The van der Waals surface area contributed by atoms with Crippen LogP contribution in [0.5, 0.6) is 0 Å². The van der Waals surface area contributed by atoms with Gasteiger partial charge in [0.1, 0.15) is 5.92 Å². The van der Waals surface area contributed by atoms with E-state index < -0.39 is 12.1 Å². The zero-order chi connectivity index (χ0) is 17.5. The van der Waals surface area contributed by atoms with Gasteiger partial charge in [0.2, 0.25) is 0 Å². The molecule has 2 atom stereocenters.